The molecule has 2 aromatic rings. The number of hydrogen-bond acceptors (Lipinski definition) is 2. The summed E-state index contributed by atoms with van der Waals surface area (Å²) in [6.45, 7) is 0. The second-order valence-electron chi connectivity index (χ2n) is 4.28. The minimum atomic E-state index is -4.88. The van der Waals surface area contributed by atoms with Crippen molar-refractivity contribution in [3.05, 3.63) is 52.0 Å². The molecule has 1 amide bonds. The van der Waals surface area contributed by atoms with Crippen LogP contribution < -0.4 is 10.1 Å². The van der Waals surface area contributed by atoms with Crippen molar-refractivity contribution < 1.29 is 31.5 Å². The van der Waals surface area contributed by atoms with Crippen molar-refractivity contribution >= 4 is 28.0 Å². The van der Waals surface area contributed by atoms with E-state index in [2.05, 4.69) is 21.2 Å². The molecule has 0 spiro atoms. The highest BCUT2D eigenvalue weighted by Gasteiger charge is 2.33. The fourth-order valence-electron chi connectivity index (χ4n) is 1.67. The molecule has 0 fully saturated rings. The number of alkyl halides is 3. The Morgan fingerprint density at radius 2 is 1.70 bits per heavy atom. The smallest absolute Gasteiger partial charge is 0.416 e. The average molecular weight is 396 g/mol. The van der Waals surface area contributed by atoms with Gasteiger partial charge in [0.15, 0.2) is 17.4 Å². The van der Waals surface area contributed by atoms with Gasteiger partial charge in [0.2, 0.25) is 6.41 Å². The fraction of sp³-hybridized carbons (Fsp3) is 0.0714. The Balaban J connectivity index is 2.41. The Hall–Kier alpha value is -2.16. The minimum absolute atomic E-state index is 0.0885. The maximum absolute atomic E-state index is 13.8. The second-order valence-corrected chi connectivity index (χ2v) is 5.13. The molecule has 0 aromatic heterocycles. The Morgan fingerprint density at radius 3 is 2.22 bits per heavy atom. The number of hydrogen-bond donors (Lipinski definition) is 1. The molecule has 0 saturated carbocycles. The summed E-state index contributed by atoms with van der Waals surface area (Å²) in [6.07, 6.45) is -4.50. The number of carbonyl (C=O) groups excluding carboxylic acids is 1. The molecule has 3 nitrogen and oxygen atoms in total. The maximum atomic E-state index is 13.8. The molecule has 0 aliphatic heterocycles. The predicted molar refractivity (Wildman–Crippen MR) is 75.3 cm³/mol. The molecule has 0 heterocycles. The van der Waals surface area contributed by atoms with E-state index in [4.69, 9.17) is 4.74 Å². The van der Waals surface area contributed by atoms with Gasteiger partial charge in [-0.25, -0.2) is 8.78 Å². The number of nitrogens with one attached hydrogen (secondary N) is 1. The third kappa shape index (κ3) is 3.98. The molecular weight excluding hydrogens is 389 g/mol. The van der Waals surface area contributed by atoms with E-state index in [-0.39, 0.29) is 28.0 Å². The van der Waals surface area contributed by atoms with Crippen LogP contribution in [-0.4, -0.2) is 6.41 Å². The van der Waals surface area contributed by atoms with Crippen molar-refractivity contribution in [1.29, 1.82) is 0 Å². The third-order valence-corrected chi connectivity index (χ3v) is 3.35. The van der Waals surface area contributed by atoms with Gasteiger partial charge < -0.3 is 10.1 Å². The summed E-state index contributed by atoms with van der Waals surface area (Å²) in [6, 6.07) is 4.43. The van der Waals surface area contributed by atoms with Crippen LogP contribution in [-0.2, 0) is 11.0 Å². The molecule has 2 aromatic carbocycles. The molecule has 9 heteroatoms. The number of rotatable bonds is 4. The third-order valence-electron chi connectivity index (χ3n) is 2.69. The van der Waals surface area contributed by atoms with Crippen molar-refractivity contribution in [3.8, 4) is 11.5 Å². The van der Waals surface area contributed by atoms with Gasteiger partial charge in [0.05, 0.1) is 10.0 Å². The summed E-state index contributed by atoms with van der Waals surface area (Å²) >= 11 is 3.07. The van der Waals surface area contributed by atoms with E-state index < -0.39 is 29.1 Å². The molecular formula is C14H7BrF5NO2. The monoisotopic (exact) mass is 395 g/mol. The second kappa shape index (κ2) is 6.53. The lowest BCUT2D eigenvalue weighted by Gasteiger charge is -2.13. The van der Waals surface area contributed by atoms with Crippen LogP contribution in [0.3, 0.4) is 0 Å². The molecule has 2 rings (SSSR count). The maximum Gasteiger partial charge on any atom is 0.416 e. The number of halogens is 6. The van der Waals surface area contributed by atoms with Gasteiger partial charge in [0, 0.05) is 11.8 Å². The van der Waals surface area contributed by atoms with Crippen molar-refractivity contribution in [2.75, 3.05) is 5.32 Å². The number of amides is 1. The molecule has 23 heavy (non-hydrogen) atoms. The highest BCUT2D eigenvalue weighted by molar-refractivity contribution is 9.10. The van der Waals surface area contributed by atoms with Gasteiger partial charge in [-0.1, -0.05) is 0 Å². The molecule has 0 aliphatic carbocycles. The van der Waals surface area contributed by atoms with Crippen LogP contribution in [0.25, 0.3) is 0 Å². The molecule has 0 radical (unpaired) electrons. The molecule has 0 atom stereocenters. The summed E-state index contributed by atoms with van der Waals surface area (Å²) in [7, 11) is 0. The van der Waals surface area contributed by atoms with Gasteiger partial charge in [0.1, 0.15) is 5.75 Å². The molecule has 1 N–H and O–H groups in total. The van der Waals surface area contributed by atoms with Crippen LogP contribution in [0.2, 0.25) is 0 Å². The first-order chi connectivity index (χ1) is 10.7. The van der Waals surface area contributed by atoms with Gasteiger partial charge in [-0.15, -0.1) is 0 Å². The number of anilines is 1. The minimum Gasteiger partial charge on any atom is -0.450 e. The highest BCUT2D eigenvalue weighted by atomic mass is 79.9. The Bertz CT molecular complexity index is 725. The van der Waals surface area contributed by atoms with E-state index in [1.165, 1.54) is 18.2 Å². The van der Waals surface area contributed by atoms with E-state index in [0.717, 1.165) is 0 Å². The highest BCUT2D eigenvalue weighted by Crippen LogP contribution is 2.38. The fourth-order valence-corrected chi connectivity index (χ4v) is 2.00. The zero-order chi connectivity index (χ0) is 17.2. The van der Waals surface area contributed by atoms with Crippen LogP contribution in [0.1, 0.15) is 5.56 Å². The first kappa shape index (κ1) is 17.2. The number of benzene rings is 2. The first-order valence-electron chi connectivity index (χ1n) is 5.96. The zero-order valence-corrected chi connectivity index (χ0v) is 12.6. The van der Waals surface area contributed by atoms with Crippen molar-refractivity contribution in [2.24, 2.45) is 0 Å². The van der Waals surface area contributed by atoms with E-state index >= 15 is 0 Å². The standard InChI is InChI=1S/C14H7BrF5NO2/c15-9-2-1-8(21-6-22)5-12(9)23-13-10(16)3-7(4-11(13)17)14(18,19)20/h1-6H,(H,21,22). The van der Waals surface area contributed by atoms with Crippen molar-refractivity contribution in [2.45, 2.75) is 6.18 Å². The van der Waals surface area contributed by atoms with E-state index in [1.807, 2.05) is 0 Å². The van der Waals surface area contributed by atoms with Crippen molar-refractivity contribution in [1.82, 2.24) is 0 Å². The Morgan fingerprint density at radius 1 is 1.09 bits per heavy atom. The van der Waals surface area contributed by atoms with E-state index in [1.54, 1.807) is 0 Å². The normalized spacial score (nSPS) is 11.2. The van der Waals surface area contributed by atoms with Gasteiger partial charge >= 0.3 is 6.18 Å². The number of ether oxygens (including phenoxy) is 1. The lowest BCUT2D eigenvalue weighted by molar-refractivity contribution is -0.138. The lowest BCUT2D eigenvalue weighted by Crippen LogP contribution is -2.07. The van der Waals surface area contributed by atoms with Crippen molar-refractivity contribution in [3.63, 3.8) is 0 Å². The molecule has 0 aliphatic rings. The van der Waals surface area contributed by atoms with Crippen LogP contribution in [0.15, 0.2) is 34.8 Å². The average Bonchev–Trinajstić information content (AvgIpc) is 2.45. The zero-order valence-electron chi connectivity index (χ0n) is 11.0. The first-order valence-corrected chi connectivity index (χ1v) is 6.75. The summed E-state index contributed by atoms with van der Waals surface area (Å²) < 4.78 is 70.3. The van der Waals surface area contributed by atoms with Gasteiger partial charge in [-0.3, -0.25) is 4.79 Å². The Kier molecular flexibility index (Phi) is 4.88. The van der Waals surface area contributed by atoms with E-state index in [0.29, 0.717) is 6.41 Å². The summed E-state index contributed by atoms with van der Waals surface area (Å²) in [4.78, 5) is 10.4. The van der Waals surface area contributed by atoms with E-state index in [9.17, 15) is 26.7 Å². The number of carbonyl (C=O) groups is 1. The van der Waals surface area contributed by atoms with Gasteiger partial charge in [0.25, 0.3) is 0 Å². The van der Waals surface area contributed by atoms with Crippen LogP contribution >= 0.6 is 15.9 Å². The van der Waals surface area contributed by atoms with Crippen LogP contribution in [0, 0.1) is 11.6 Å². The summed E-state index contributed by atoms with van der Waals surface area (Å²) in [5.41, 5.74) is -1.19. The largest absolute Gasteiger partial charge is 0.450 e. The SMILES string of the molecule is O=CNc1ccc(Br)c(Oc2c(F)cc(C(F)(F)F)cc2F)c1. The topological polar surface area (TPSA) is 38.3 Å². The van der Waals surface area contributed by atoms with Gasteiger partial charge in [-0.05, 0) is 40.2 Å². The molecule has 0 bridgehead atoms. The molecule has 0 saturated heterocycles. The summed E-state index contributed by atoms with van der Waals surface area (Å²) in [5.74, 6) is -4.08. The molecule has 0 unspecified atom stereocenters. The van der Waals surface area contributed by atoms with Gasteiger partial charge in [-0.2, -0.15) is 13.2 Å². The summed E-state index contributed by atoms with van der Waals surface area (Å²) in [5, 5.41) is 2.30. The van der Waals surface area contributed by atoms with Crippen LogP contribution in [0.4, 0.5) is 27.6 Å². The van der Waals surface area contributed by atoms with Crippen LogP contribution in [0.5, 0.6) is 11.5 Å². The lowest BCUT2D eigenvalue weighted by atomic mass is 10.2. The Labute approximate surface area is 135 Å². The quantitative estimate of drug-likeness (QED) is 0.577. The molecule has 122 valence electrons. The predicted octanol–water partition coefficient (Wildman–Crippen LogP) is 5.11.